The molecule has 0 amide bonds. The summed E-state index contributed by atoms with van der Waals surface area (Å²) in [5.74, 6) is 2.79. The first-order valence-corrected chi connectivity index (χ1v) is 9.40. The molecule has 4 nitrogen and oxygen atoms in total. The second kappa shape index (κ2) is 8.88. The van der Waals surface area contributed by atoms with Crippen LogP contribution in [0.3, 0.4) is 0 Å². The summed E-state index contributed by atoms with van der Waals surface area (Å²) in [6.45, 7) is 0. The van der Waals surface area contributed by atoms with Gasteiger partial charge in [0, 0.05) is 11.1 Å². The van der Waals surface area contributed by atoms with E-state index in [2.05, 4.69) is 0 Å². The molecule has 0 aliphatic rings. The molecule has 0 aliphatic heterocycles. The van der Waals surface area contributed by atoms with Gasteiger partial charge >= 0.3 is 0 Å². The van der Waals surface area contributed by atoms with Crippen LogP contribution in [-0.2, 0) is 0 Å². The number of carbonyl (C=O) groups is 2. The Morgan fingerprint density at radius 3 is 0.933 bits per heavy atom. The van der Waals surface area contributed by atoms with E-state index in [4.69, 9.17) is 9.47 Å². The minimum Gasteiger partial charge on any atom is -0.457 e. The van der Waals surface area contributed by atoms with Gasteiger partial charge in [-0.15, -0.1) is 0 Å². The highest BCUT2D eigenvalue weighted by molar-refractivity contribution is 5.75. The summed E-state index contributed by atoms with van der Waals surface area (Å²) >= 11 is 0. The van der Waals surface area contributed by atoms with E-state index in [9.17, 15) is 9.59 Å². The quantitative estimate of drug-likeness (QED) is 0.333. The van der Waals surface area contributed by atoms with E-state index in [0.717, 1.165) is 35.2 Å². The fraction of sp³-hybridized carbons (Fsp3) is 0. The van der Waals surface area contributed by atoms with Gasteiger partial charge in [-0.05, 0) is 83.9 Å². The molecular formula is C26H18O4. The average molecular weight is 394 g/mol. The van der Waals surface area contributed by atoms with Gasteiger partial charge in [0.15, 0.2) is 0 Å². The molecule has 0 aliphatic carbocycles. The normalized spacial score (nSPS) is 10.3. The molecule has 4 heteroatoms. The molecule has 0 heterocycles. The zero-order chi connectivity index (χ0) is 20.8. The van der Waals surface area contributed by atoms with E-state index in [-0.39, 0.29) is 0 Å². The molecule has 0 atom stereocenters. The van der Waals surface area contributed by atoms with Crippen LogP contribution in [0.25, 0.3) is 11.1 Å². The lowest BCUT2D eigenvalue weighted by Gasteiger charge is -2.09. The summed E-state index contributed by atoms with van der Waals surface area (Å²) < 4.78 is 11.6. The van der Waals surface area contributed by atoms with Crippen LogP contribution in [0.2, 0.25) is 0 Å². The van der Waals surface area contributed by atoms with Crippen LogP contribution in [-0.4, -0.2) is 12.6 Å². The van der Waals surface area contributed by atoms with E-state index in [1.54, 1.807) is 48.5 Å². The largest absolute Gasteiger partial charge is 0.457 e. The van der Waals surface area contributed by atoms with Crippen molar-refractivity contribution in [3.8, 4) is 34.1 Å². The average Bonchev–Trinajstić information content (AvgIpc) is 2.81. The third kappa shape index (κ3) is 4.62. The maximum atomic E-state index is 10.7. The van der Waals surface area contributed by atoms with E-state index in [1.807, 2.05) is 48.5 Å². The second-order valence-electron chi connectivity index (χ2n) is 6.63. The Bertz CT molecular complexity index is 1030. The van der Waals surface area contributed by atoms with Crippen molar-refractivity contribution in [2.75, 3.05) is 0 Å². The van der Waals surface area contributed by atoms with E-state index < -0.39 is 0 Å². The Kier molecular flexibility index (Phi) is 5.67. The third-order valence-corrected chi connectivity index (χ3v) is 4.55. The van der Waals surface area contributed by atoms with Crippen molar-refractivity contribution in [1.82, 2.24) is 0 Å². The standard InChI is InChI=1S/C26H18O4/c27-17-19-1-9-23(10-2-19)29-25-13-5-21(6-14-25)22-7-15-26(16-8-22)30-24-11-3-20(18-28)4-12-24/h1-18H. The summed E-state index contributed by atoms with van der Waals surface area (Å²) in [7, 11) is 0. The summed E-state index contributed by atoms with van der Waals surface area (Å²) in [6.07, 6.45) is 1.61. The van der Waals surface area contributed by atoms with E-state index in [1.165, 1.54) is 0 Å². The SMILES string of the molecule is O=Cc1ccc(Oc2ccc(-c3ccc(Oc4ccc(C=O)cc4)cc3)cc2)cc1. The first-order chi connectivity index (χ1) is 14.7. The van der Waals surface area contributed by atoms with Crippen LogP contribution < -0.4 is 9.47 Å². The predicted octanol–water partition coefficient (Wildman–Crippen LogP) is 6.56. The molecule has 0 bridgehead atoms. The van der Waals surface area contributed by atoms with Crippen molar-refractivity contribution in [1.29, 1.82) is 0 Å². The van der Waals surface area contributed by atoms with Crippen LogP contribution >= 0.6 is 0 Å². The maximum absolute atomic E-state index is 10.7. The van der Waals surface area contributed by atoms with Gasteiger partial charge in [-0.3, -0.25) is 9.59 Å². The first-order valence-electron chi connectivity index (χ1n) is 9.40. The molecule has 4 rings (SSSR count). The van der Waals surface area contributed by atoms with Gasteiger partial charge in [0.05, 0.1) is 0 Å². The van der Waals surface area contributed by atoms with Crippen molar-refractivity contribution in [2.45, 2.75) is 0 Å². The van der Waals surface area contributed by atoms with Gasteiger partial charge in [-0.1, -0.05) is 24.3 Å². The van der Waals surface area contributed by atoms with Gasteiger partial charge in [0.2, 0.25) is 0 Å². The summed E-state index contributed by atoms with van der Waals surface area (Å²) in [5, 5.41) is 0. The van der Waals surface area contributed by atoms with Gasteiger partial charge in [-0.25, -0.2) is 0 Å². The zero-order valence-electron chi connectivity index (χ0n) is 16.0. The van der Waals surface area contributed by atoms with Gasteiger partial charge in [0.1, 0.15) is 35.6 Å². The Morgan fingerprint density at radius 1 is 0.400 bits per heavy atom. The zero-order valence-corrected chi connectivity index (χ0v) is 16.0. The molecule has 30 heavy (non-hydrogen) atoms. The van der Waals surface area contributed by atoms with Crippen molar-refractivity contribution in [3.05, 3.63) is 108 Å². The lowest BCUT2D eigenvalue weighted by molar-refractivity contribution is 0.111. The summed E-state index contributed by atoms with van der Waals surface area (Å²) in [5.41, 5.74) is 3.34. The summed E-state index contributed by atoms with van der Waals surface area (Å²) in [6, 6.07) is 29.5. The minimum atomic E-state index is 0.614. The number of ether oxygens (including phenoxy) is 2. The maximum Gasteiger partial charge on any atom is 0.150 e. The van der Waals surface area contributed by atoms with Crippen molar-refractivity contribution < 1.29 is 19.1 Å². The first kappa shape index (κ1) is 19.2. The van der Waals surface area contributed by atoms with Gasteiger partial charge in [0.25, 0.3) is 0 Å². The molecule has 0 N–H and O–H groups in total. The monoisotopic (exact) mass is 394 g/mol. The van der Waals surface area contributed by atoms with E-state index in [0.29, 0.717) is 22.6 Å². The molecule has 0 saturated heterocycles. The number of hydrogen-bond donors (Lipinski definition) is 0. The molecule has 0 aromatic heterocycles. The van der Waals surface area contributed by atoms with Crippen LogP contribution in [0.15, 0.2) is 97.1 Å². The molecule has 4 aromatic rings. The number of carbonyl (C=O) groups excluding carboxylic acids is 2. The number of hydrogen-bond acceptors (Lipinski definition) is 4. The molecular weight excluding hydrogens is 376 g/mol. The molecule has 4 aromatic carbocycles. The molecule has 0 fully saturated rings. The van der Waals surface area contributed by atoms with Gasteiger partial charge in [-0.2, -0.15) is 0 Å². The molecule has 0 unspecified atom stereocenters. The van der Waals surface area contributed by atoms with Crippen molar-refractivity contribution in [2.24, 2.45) is 0 Å². The molecule has 0 radical (unpaired) electrons. The highest BCUT2D eigenvalue weighted by Gasteiger charge is 2.03. The lowest BCUT2D eigenvalue weighted by Crippen LogP contribution is -1.87. The van der Waals surface area contributed by atoms with Crippen LogP contribution in [0.4, 0.5) is 0 Å². The number of benzene rings is 4. The smallest absolute Gasteiger partial charge is 0.150 e. The molecule has 0 spiro atoms. The van der Waals surface area contributed by atoms with E-state index >= 15 is 0 Å². The van der Waals surface area contributed by atoms with Crippen LogP contribution in [0, 0.1) is 0 Å². The number of aldehydes is 2. The Hall–Kier alpha value is -4.18. The highest BCUT2D eigenvalue weighted by Crippen LogP contribution is 2.28. The van der Waals surface area contributed by atoms with Crippen LogP contribution in [0.5, 0.6) is 23.0 Å². The predicted molar refractivity (Wildman–Crippen MR) is 116 cm³/mol. The minimum absolute atomic E-state index is 0.614. The fourth-order valence-electron chi connectivity index (χ4n) is 2.93. The topological polar surface area (TPSA) is 52.6 Å². The third-order valence-electron chi connectivity index (χ3n) is 4.55. The summed E-state index contributed by atoms with van der Waals surface area (Å²) in [4.78, 5) is 21.4. The van der Waals surface area contributed by atoms with Crippen molar-refractivity contribution >= 4 is 12.6 Å². The number of rotatable bonds is 7. The highest BCUT2D eigenvalue weighted by atomic mass is 16.5. The molecule has 146 valence electrons. The fourth-order valence-corrected chi connectivity index (χ4v) is 2.93. The Morgan fingerprint density at radius 2 is 0.667 bits per heavy atom. The Balaban J connectivity index is 1.41. The van der Waals surface area contributed by atoms with Crippen molar-refractivity contribution in [3.63, 3.8) is 0 Å². The van der Waals surface area contributed by atoms with Crippen LogP contribution in [0.1, 0.15) is 20.7 Å². The molecule has 0 saturated carbocycles. The second-order valence-corrected chi connectivity index (χ2v) is 6.63. The Labute approximate surface area is 174 Å². The van der Waals surface area contributed by atoms with Gasteiger partial charge < -0.3 is 9.47 Å². The lowest BCUT2D eigenvalue weighted by atomic mass is 10.1.